The molecule has 1 atom stereocenters. The second-order valence-electron chi connectivity index (χ2n) is 4.95. The Kier molecular flexibility index (Phi) is 4.45. The van der Waals surface area contributed by atoms with E-state index in [-0.39, 0.29) is 10.7 Å². The number of fused-ring (bicyclic) bond motifs is 1. The molecule has 0 spiro atoms. The van der Waals surface area contributed by atoms with E-state index >= 15 is 0 Å². The third kappa shape index (κ3) is 3.30. The molecule has 116 valence electrons. The Hall–Kier alpha value is -1.08. The molecule has 0 saturated heterocycles. The van der Waals surface area contributed by atoms with E-state index < -0.39 is 16.1 Å². The van der Waals surface area contributed by atoms with Gasteiger partial charge in [-0.3, -0.25) is 0 Å². The molecule has 0 fully saturated rings. The van der Waals surface area contributed by atoms with Gasteiger partial charge in [-0.2, -0.15) is 0 Å². The predicted octanol–water partition coefficient (Wildman–Crippen LogP) is 3.99. The molecule has 0 aliphatic carbocycles. The summed E-state index contributed by atoms with van der Waals surface area (Å²) >= 11 is 7.45. The second kappa shape index (κ2) is 6.20. The summed E-state index contributed by atoms with van der Waals surface area (Å²) in [5.41, 5.74) is 0.682. The van der Waals surface area contributed by atoms with E-state index in [1.807, 2.05) is 0 Å². The first kappa shape index (κ1) is 15.8. The Morgan fingerprint density at radius 1 is 1.23 bits per heavy atom. The van der Waals surface area contributed by atoms with Crippen LogP contribution in [0.4, 0.5) is 4.39 Å². The lowest BCUT2D eigenvalue weighted by Crippen LogP contribution is -2.30. The first-order valence-corrected chi connectivity index (χ1v) is 9.50. The van der Waals surface area contributed by atoms with Crippen molar-refractivity contribution in [3.63, 3.8) is 0 Å². The van der Waals surface area contributed by atoms with E-state index in [1.165, 1.54) is 24.3 Å². The first-order valence-electron chi connectivity index (χ1n) is 6.66. The van der Waals surface area contributed by atoms with E-state index in [0.29, 0.717) is 17.0 Å². The Morgan fingerprint density at radius 2 is 2.05 bits per heavy atom. The van der Waals surface area contributed by atoms with Crippen molar-refractivity contribution in [2.75, 3.05) is 5.75 Å². The highest BCUT2D eigenvalue weighted by Gasteiger charge is 2.26. The van der Waals surface area contributed by atoms with Gasteiger partial charge in [0.25, 0.3) is 0 Å². The predicted molar refractivity (Wildman–Crippen MR) is 86.3 cm³/mol. The fourth-order valence-corrected chi connectivity index (χ4v) is 5.03. The molecule has 3 nitrogen and oxygen atoms in total. The fraction of sp³-hybridized carbons (Fsp3) is 0.200. The lowest BCUT2D eigenvalue weighted by atomic mass is 10.0. The van der Waals surface area contributed by atoms with Gasteiger partial charge in [-0.05, 0) is 54.1 Å². The minimum Gasteiger partial charge on any atom is -0.207 e. The summed E-state index contributed by atoms with van der Waals surface area (Å²) in [7, 11) is -3.70. The second-order valence-corrected chi connectivity index (χ2v) is 8.24. The molecule has 22 heavy (non-hydrogen) atoms. The monoisotopic (exact) mass is 357 g/mol. The molecule has 2 aromatic carbocycles. The van der Waals surface area contributed by atoms with Crippen LogP contribution in [0.2, 0.25) is 5.02 Å². The molecule has 2 aromatic rings. The minimum atomic E-state index is -3.70. The molecule has 1 heterocycles. The third-order valence-corrected chi connectivity index (χ3v) is 6.24. The molecular formula is C15H13ClFNO2S2. The lowest BCUT2D eigenvalue weighted by molar-refractivity contribution is 0.541. The Bertz CT molecular complexity index is 811. The van der Waals surface area contributed by atoms with Gasteiger partial charge >= 0.3 is 0 Å². The van der Waals surface area contributed by atoms with Crippen molar-refractivity contribution >= 4 is 33.4 Å². The molecule has 0 saturated carbocycles. The van der Waals surface area contributed by atoms with Crippen molar-refractivity contribution in [3.05, 3.63) is 58.9 Å². The highest BCUT2D eigenvalue weighted by Crippen LogP contribution is 2.37. The number of sulfonamides is 1. The van der Waals surface area contributed by atoms with Gasteiger partial charge in [-0.25, -0.2) is 17.5 Å². The summed E-state index contributed by atoms with van der Waals surface area (Å²) in [4.78, 5) is 1.02. The molecule has 3 rings (SSSR count). The van der Waals surface area contributed by atoms with Crippen molar-refractivity contribution in [2.45, 2.75) is 22.3 Å². The molecule has 1 aliphatic heterocycles. The van der Waals surface area contributed by atoms with Crippen LogP contribution in [0.25, 0.3) is 0 Å². The Balaban J connectivity index is 1.93. The SMILES string of the molecule is O=S(=O)(N[C@@H]1CCSc2ccc(F)cc21)c1cccc(Cl)c1. The standard InChI is InChI=1S/C15H13ClFNO2S2/c16-10-2-1-3-12(8-10)22(19,20)18-14-6-7-21-15-5-4-11(17)9-13(14)15/h1-5,8-9,14,18H,6-7H2/t14-/m1/s1. The van der Waals surface area contributed by atoms with Crippen LogP contribution >= 0.6 is 23.4 Å². The van der Waals surface area contributed by atoms with Crippen LogP contribution in [0, 0.1) is 5.82 Å². The summed E-state index contributed by atoms with van der Waals surface area (Å²) in [6, 6.07) is 10.1. The number of hydrogen-bond donors (Lipinski definition) is 1. The normalized spacial score (nSPS) is 18.0. The highest BCUT2D eigenvalue weighted by molar-refractivity contribution is 7.99. The zero-order chi connectivity index (χ0) is 15.7. The number of benzene rings is 2. The quantitative estimate of drug-likeness (QED) is 0.903. The smallest absolute Gasteiger partial charge is 0.207 e. The number of halogens is 2. The van der Waals surface area contributed by atoms with Crippen molar-refractivity contribution in [2.24, 2.45) is 0 Å². The van der Waals surface area contributed by atoms with Crippen molar-refractivity contribution in [1.29, 1.82) is 0 Å². The van der Waals surface area contributed by atoms with Gasteiger partial charge in [0.05, 0.1) is 4.90 Å². The zero-order valence-corrected chi connectivity index (χ0v) is 13.8. The van der Waals surface area contributed by atoms with Gasteiger partial charge in [-0.1, -0.05) is 17.7 Å². The molecular weight excluding hydrogens is 345 g/mol. The minimum absolute atomic E-state index is 0.108. The first-order chi connectivity index (χ1) is 10.5. The van der Waals surface area contributed by atoms with Crippen molar-refractivity contribution in [3.8, 4) is 0 Å². The van der Waals surface area contributed by atoms with E-state index in [1.54, 1.807) is 30.0 Å². The van der Waals surface area contributed by atoms with Gasteiger partial charge in [0, 0.05) is 16.0 Å². The molecule has 0 amide bonds. The third-order valence-electron chi connectivity index (χ3n) is 3.42. The molecule has 0 aromatic heterocycles. The summed E-state index contributed by atoms with van der Waals surface area (Å²) in [6.45, 7) is 0. The van der Waals surface area contributed by atoms with Crippen LogP contribution < -0.4 is 4.72 Å². The maximum absolute atomic E-state index is 13.5. The van der Waals surface area contributed by atoms with E-state index in [2.05, 4.69) is 4.72 Å². The summed E-state index contributed by atoms with van der Waals surface area (Å²) in [6.07, 6.45) is 0.612. The zero-order valence-electron chi connectivity index (χ0n) is 11.4. The van der Waals surface area contributed by atoms with Crippen molar-refractivity contribution in [1.82, 2.24) is 4.72 Å². The Labute approximate surface area is 137 Å². The topological polar surface area (TPSA) is 46.2 Å². The molecule has 1 aliphatic rings. The molecule has 7 heteroatoms. The molecule has 0 bridgehead atoms. The van der Waals surface area contributed by atoms with Crippen LogP contribution in [-0.4, -0.2) is 14.2 Å². The average molecular weight is 358 g/mol. The van der Waals surface area contributed by atoms with Crippen LogP contribution in [0.5, 0.6) is 0 Å². The number of nitrogens with one attached hydrogen (secondary N) is 1. The van der Waals surface area contributed by atoms with E-state index in [0.717, 1.165) is 10.6 Å². The van der Waals surface area contributed by atoms with Gasteiger partial charge in [0.2, 0.25) is 10.0 Å². The summed E-state index contributed by atoms with van der Waals surface area (Å²) < 4.78 is 41.1. The van der Waals surface area contributed by atoms with E-state index in [9.17, 15) is 12.8 Å². The number of rotatable bonds is 3. The molecule has 0 unspecified atom stereocenters. The summed E-state index contributed by atoms with van der Waals surface area (Å²) in [5, 5.41) is 0.355. The number of hydrogen-bond acceptors (Lipinski definition) is 3. The van der Waals surface area contributed by atoms with Crippen LogP contribution in [-0.2, 0) is 10.0 Å². The molecule has 1 N–H and O–H groups in total. The largest absolute Gasteiger partial charge is 0.241 e. The maximum atomic E-state index is 13.5. The Morgan fingerprint density at radius 3 is 2.82 bits per heavy atom. The van der Waals surface area contributed by atoms with Gasteiger partial charge in [-0.15, -0.1) is 11.8 Å². The lowest BCUT2D eigenvalue weighted by Gasteiger charge is -2.25. The highest BCUT2D eigenvalue weighted by atomic mass is 35.5. The van der Waals surface area contributed by atoms with Crippen molar-refractivity contribution < 1.29 is 12.8 Å². The van der Waals surface area contributed by atoms with Crippen LogP contribution in [0.3, 0.4) is 0 Å². The molecule has 0 radical (unpaired) electrons. The van der Waals surface area contributed by atoms with Gasteiger partial charge in [0.1, 0.15) is 5.82 Å². The maximum Gasteiger partial charge on any atom is 0.241 e. The fourth-order valence-electron chi connectivity index (χ4n) is 2.38. The van der Waals surface area contributed by atoms with Crippen LogP contribution in [0.1, 0.15) is 18.0 Å². The number of thioether (sulfide) groups is 1. The van der Waals surface area contributed by atoms with Crippen LogP contribution in [0.15, 0.2) is 52.3 Å². The average Bonchev–Trinajstić information content (AvgIpc) is 2.48. The van der Waals surface area contributed by atoms with Gasteiger partial charge < -0.3 is 0 Å². The van der Waals surface area contributed by atoms with Gasteiger partial charge in [0.15, 0.2) is 0 Å². The van der Waals surface area contributed by atoms with E-state index in [4.69, 9.17) is 11.6 Å². The summed E-state index contributed by atoms with van der Waals surface area (Å²) in [5.74, 6) is 0.412.